The quantitative estimate of drug-likeness (QED) is 0.530. The lowest BCUT2D eigenvalue weighted by Gasteiger charge is -2.35. The zero-order valence-corrected chi connectivity index (χ0v) is 17.9. The Kier molecular flexibility index (Phi) is 4.93. The molecule has 32 heavy (non-hydrogen) atoms. The number of rotatable bonds is 3. The Bertz CT molecular complexity index is 1400. The summed E-state index contributed by atoms with van der Waals surface area (Å²) in [6.07, 6.45) is 3.29. The van der Waals surface area contributed by atoms with Crippen LogP contribution in [0.15, 0.2) is 58.4 Å². The molecule has 0 bridgehead atoms. The molecular formula is C23H23N7O2. The van der Waals surface area contributed by atoms with Crippen molar-refractivity contribution in [2.45, 2.75) is 13.8 Å². The van der Waals surface area contributed by atoms with Crippen molar-refractivity contribution in [2.24, 2.45) is 0 Å². The van der Waals surface area contributed by atoms with Gasteiger partial charge >= 0.3 is 5.69 Å². The minimum Gasteiger partial charge on any atom is -0.353 e. The van der Waals surface area contributed by atoms with Crippen LogP contribution in [-0.2, 0) is 0 Å². The number of hydrogen-bond donors (Lipinski definition) is 1. The van der Waals surface area contributed by atoms with E-state index in [1.54, 1.807) is 12.3 Å². The highest BCUT2D eigenvalue weighted by molar-refractivity contribution is 5.74. The molecule has 0 spiro atoms. The summed E-state index contributed by atoms with van der Waals surface area (Å²) in [5, 5.41) is 0.278. The van der Waals surface area contributed by atoms with E-state index in [0.717, 1.165) is 34.6 Å². The summed E-state index contributed by atoms with van der Waals surface area (Å²) in [6.45, 7) is 6.84. The van der Waals surface area contributed by atoms with Crippen molar-refractivity contribution in [2.75, 3.05) is 36.0 Å². The van der Waals surface area contributed by atoms with E-state index in [4.69, 9.17) is 0 Å². The van der Waals surface area contributed by atoms with Crippen LogP contribution in [0.2, 0.25) is 0 Å². The molecule has 3 aromatic heterocycles. The molecule has 4 aromatic rings. The number of aromatic amines is 1. The zero-order chi connectivity index (χ0) is 22.2. The van der Waals surface area contributed by atoms with Gasteiger partial charge in [0.25, 0.3) is 5.56 Å². The molecule has 1 aromatic carbocycles. The van der Waals surface area contributed by atoms with E-state index in [1.807, 2.05) is 49.1 Å². The molecule has 1 fully saturated rings. The molecule has 1 N–H and O–H groups in total. The lowest BCUT2D eigenvalue weighted by molar-refractivity contribution is 0.635. The monoisotopic (exact) mass is 429 g/mol. The van der Waals surface area contributed by atoms with Gasteiger partial charge < -0.3 is 9.80 Å². The van der Waals surface area contributed by atoms with Crippen LogP contribution >= 0.6 is 0 Å². The number of nitrogens with one attached hydrogen (secondary N) is 1. The molecule has 0 aliphatic carbocycles. The average Bonchev–Trinajstić information content (AvgIpc) is 2.81. The normalized spacial score (nSPS) is 14.2. The molecule has 162 valence electrons. The van der Waals surface area contributed by atoms with E-state index in [9.17, 15) is 9.59 Å². The van der Waals surface area contributed by atoms with Gasteiger partial charge in [0.2, 0.25) is 5.95 Å². The molecule has 0 amide bonds. The van der Waals surface area contributed by atoms with Crippen LogP contribution in [-0.4, -0.2) is 50.7 Å². The topological polar surface area (TPSA) is 100 Å². The Morgan fingerprint density at radius 3 is 2.44 bits per heavy atom. The molecule has 0 saturated carbocycles. The number of pyridine rings is 1. The van der Waals surface area contributed by atoms with Crippen LogP contribution in [0.1, 0.15) is 11.1 Å². The molecule has 0 atom stereocenters. The first kappa shape index (κ1) is 19.9. The van der Waals surface area contributed by atoms with E-state index >= 15 is 0 Å². The predicted molar refractivity (Wildman–Crippen MR) is 124 cm³/mol. The Morgan fingerprint density at radius 1 is 0.938 bits per heavy atom. The Balaban J connectivity index is 1.45. The highest BCUT2D eigenvalue weighted by Crippen LogP contribution is 2.17. The maximum atomic E-state index is 13.1. The smallest absolute Gasteiger partial charge is 0.334 e. The van der Waals surface area contributed by atoms with Gasteiger partial charge in [-0.25, -0.2) is 19.3 Å². The number of H-pyrrole nitrogens is 1. The van der Waals surface area contributed by atoms with Crippen molar-refractivity contribution in [3.8, 4) is 5.69 Å². The van der Waals surface area contributed by atoms with Crippen molar-refractivity contribution >= 4 is 22.8 Å². The molecule has 5 rings (SSSR count). The number of aryl methyl sites for hydroxylation is 2. The molecular weight excluding hydrogens is 406 g/mol. The maximum Gasteiger partial charge on any atom is 0.334 e. The lowest BCUT2D eigenvalue weighted by Crippen LogP contribution is -2.47. The van der Waals surface area contributed by atoms with Crippen molar-refractivity contribution in [3.63, 3.8) is 0 Å². The van der Waals surface area contributed by atoms with Crippen LogP contribution in [0.5, 0.6) is 0 Å². The SMILES string of the molecule is Cc1ccc(-n2c(=O)[nH]c3nc(N4CCN(c5ccccn5)CC4)ncc3c2=O)c(C)c1. The fourth-order valence-corrected chi connectivity index (χ4v) is 4.10. The molecule has 9 heteroatoms. The van der Waals surface area contributed by atoms with Crippen molar-refractivity contribution in [1.29, 1.82) is 0 Å². The number of benzene rings is 1. The Hall–Kier alpha value is -4.01. The molecule has 1 aliphatic rings. The molecule has 0 unspecified atom stereocenters. The van der Waals surface area contributed by atoms with E-state index in [-0.39, 0.29) is 11.0 Å². The van der Waals surface area contributed by atoms with Gasteiger partial charge in [-0.15, -0.1) is 0 Å². The van der Waals surface area contributed by atoms with Crippen LogP contribution in [0.3, 0.4) is 0 Å². The molecule has 9 nitrogen and oxygen atoms in total. The summed E-state index contributed by atoms with van der Waals surface area (Å²) in [6, 6.07) is 11.5. The summed E-state index contributed by atoms with van der Waals surface area (Å²) in [7, 11) is 0. The summed E-state index contributed by atoms with van der Waals surface area (Å²) in [5.41, 5.74) is 1.77. The van der Waals surface area contributed by atoms with Crippen LogP contribution in [0, 0.1) is 13.8 Å². The fraction of sp³-hybridized carbons (Fsp3) is 0.261. The second-order valence-electron chi connectivity index (χ2n) is 7.95. The van der Waals surface area contributed by atoms with E-state index in [2.05, 4.69) is 24.8 Å². The van der Waals surface area contributed by atoms with Gasteiger partial charge in [-0.2, -0.15) is 4.98 Å². The number of anilines is 2. The van der Waals surface area contributed by atoms with Gasteiger partial charge in [-0.3, -0.25) is 9.78 Å². The van der Waals surface area contributed by atoms with Crippen molar-refractivity contribution in [3.05, 3.63) is 80.8 Å². The predicted octanol–water partition coefficient (Wildman–Crippen LogP) is 1.81. The second kappa shape index (κ2) is 7.92. The van der Waals surface area contributed by atoms with Crippen LogP contribution in [0.4, 0.5) is 11.8 Å². The first-order chi connectivity index (χ1) is 15.5. The first-order valence-electron chi connectivity index (χ1n) is 10.5. The van der Waals surface area contributed by atoms with Gasteiger partial charge in [0.1, 0.15) is 11.2 Å². The number of aromatic nitrogens is 5. The van der Waals surface area contributed by atoms with E-state index < -0.39 is 11.2 Å². The van der Waals surface area contributed by atoms with E-state index in [0.29, 0.717) is 24.7 Å². The van der Waals surface area contributed by atoms with Crippen LogP contribution in [0.25, 0.3) is 16.7 Å². The van der Waals surface area contributed by atoms with Crippen molar-refractivity contribution in [1.82, 2.24) is 24.5 Å². The van der Waals surface area contributed by atoms with Gasteiger partial charge in [0, 0.05) is 38.6 Å². The highest BCUT2D eigenvalue weighted by Gasteiger charge is 2.21. The minimum atomic E-state index is -0.515. The lowest BCUT2D eigenvalue weighted by atomic mass is 10.1. The van der Waals surface area contributed by atoms with Crippen molar-refractivity contribution < 1.29 is 0 Å². The average molecular weight is 429 g/mol. The maximum absolute atomic E-state index is 13.1. The third-order valence-corrected chi connectivity index (χ3v) is 5.77. The van der Waals surface area contributed by atoms with Gasteiger partial charge in [0.05, 0.1) is 5.69 Å². The van der Waals surface area contributed by atoms with Gasteiger partial charge in [0.15, 0.2) is 5.65 Å². The standard InChI is InChI=1S/C23H23N7O2/c1-15-6-7-18(16(2)13-15)30-21(31)17-14-25-22(26-20(17)27-23(30)32)29-11-9-28(10-12-29)19-5-3-4-8-24-19/h3-8,13-14H,9-12H2,1-2H3,(H,25,26,27,32). The zero-order valence-electron chi connectivity index (χ0n) is 17.9. The molecule has 0 radical (unpaired) electrons. The summed E-state index contributed by atoms with van der Waals surface area (Å²) in [5.74, 6) is 1.44. The summed E-state index contributed by atoms with van der Waals surface area (Å²) in [4.78, 5) is 46.3. The number of piperazine rings is 1. The third-order valence-electron chi connectivity index (χ3n) is 5.77. The molecule has 1 saturated heterocycles. The first-order valence-corrected chi connectivity index (χ1v) is 10.5. The molecule has 1 aliphatic heterocycles. The largest absolute Gasteiger partial charge is 0.353 e. The Labute approximate surface area is 184 Å². The molecule has 4 heterocycles. The van der Waals surface area contributed by atoms with Gasteiger partial charge in [-0.1, -0.05) is 23.8 Å². The Morgan fingerprint density at radius 2 is 1.72 bits per heavy atom. The summed E-state index contributed by atoms with van der Waals surface area (Å²) < 4.78 is 1.14. The number of fused-ring (bicyclic) bond motifs is 1. The van der Waals surface area contributed by atoms with Crippen LogP contribution < -0.4 is 21.0 Å². The fourth-order valence-electron chi connectivity index (χ4n) is 4.10. The van der Waals surface area contributed by atoms with E-state index in [1.165, 1.54) is 6.20 Å². The van der Waals surface area contributed by atoms with Gasteiger partial charge in [-0.05, 0) is 37.6 Å². The summed E-state index contributed by atoms with van der Waals surface area (Å²) >= 11 is 0. The number of hydrogen-bond acceptors (Lipinski definition) is 7. The second-order valence-corrected chi connectivity index (χ2v) is 7.95. The third kappa shape index (κ3) is 3.51. The minimum absolute atomic E-state index is 0.248. The number of nitrogens with zero attached hydrogens (tertiary/aromatic N) is 6. The highest BCUT2D eigenvalue weighted by atomic mass is 16.2.